The van der Waals surface area contributed by atoms with Crippen LogP contribution in [0.15, 0.2) is 0 Å². The van der Waals surface area contributed by atoms with E-state index in [1.165, 1.54) is 11.8 Å². The predicted molar refractivity (Wildman–Crippen MR) is 58.4 cm³/mol. The second kappa shape index (κ2) is 5.69. The lowest BCUT2D eigenvalue weighted by Crippen LogP contribution is -2.29. The molecule has 0 aromatic carbocycles. The summed E-state index contributed by atoms with van der Waals surface area (Å²) in [5, 5.41) is 13.7. The highest BCUT2D eigenvalue weighted by Crippen LogP contribution is 2.24. The van der Waals surface area contributed by atoms with Gasteiger partial charge in [-0.05, 0) is 30.5 Å². The zero-order valence-electron chi connectivity index (χ0n) is 9.10. The Kier molecular flexibility index (Phi) is 4.54. The molecule has 0 saturated heterocycles. The summed E-state index contributed by atoms with van der Waals surface area (Å²) in [6.07, 6.45) is 1.87. The lowest BCUT2D eigenvalue weighted by molar-refractivity contribution is -0.120. The number of nitrogens with zero attached hydrogens (tertiary/aromatic N) is 4. The van der Waals surface area contributed by atoms with E-state index in [1.807, 2.05) is 20.1 Å². The van der Waals surface area contributed by atoms with Crippen molar-refractivity contribution in [3.8, 4) is 0 Å². The minimum atomic E-state index is -0.333. The molecule has 6 nitrogen and oxygen atoms in total. The van der Waals surface area contributed by atoms with Crippen LogP contribution in [0.4, 0.5) is 0 Å². The van der Waals surface area contributed by atoms with Crippen molar-refractivity contribution in [2.75, 3.05) is 12.8 Å². The van der Waals surface area contributed by atoms with Gasteiger partial charge in [-0.1, -0.05) is 0 Å². The molecule has 1 heterocycles. The number of hydrogen-bond acceptors (Lipinski definition) is 5. The van der Waals surface area contributed by atoms with Gasteiger partial charge in [-0.2, -0.15) is 0 Å². The quantitative estimate of drug-likeness (QED) is 0.782. The Labute approximate surface area is 92.8 Å². The van der Waals surface area contributed by atoms with Gasteiger partial charge in [-0.25, -0.2) is 4.68 Å². The van der Waals surface area contributed by atoms with Crippen molar-refractivity contribution in [1.29, 1.82) is 0 Å². The fourth-order valence-electron chi connectivity index (χ4n) is 1.22. The molecule has 0 aliphatic heterocycles. The maximum Gasteiger partial charge on any atom is 0.240 e. The molecule has 7 heteroatoms. The van der Waals surface area contributed by atoms with Gasteiger partial charge < -0.3 is 5.32 Å². The second-order valence-corrected chi connectivity index (χ2v) is 3.81. The van der Waals surface area contributed by atoms with Crippen LogP contribution >= 0.6 is 11.8 Å². The highest BCUT2D eigenvalue weighted by atomic mass is 32.2. The largest absolute Gasteiger partial charge is 0.355 e. The molecule has 84 valence electrons. The van der Waals surface area contributed by atoms with Crippen molar-refractivity contribution in [3.63, 3.8) is 0 Å². The maximum atomic E-state index is 11.7. The molecule has 1 aromatic heterocycles. The summed E-state index contributed by atoms with van der Waals surface area (Å²) < 4.78 is 1.64. The lowest BCUT2D eigenvalue weighted by atomic mass is 10.3. The molecule has 0 bridgehead atoms. The number of amides is 1. The van der Waals surface area contributed by atoms with Crippen molar-refractivity contribution in [2.24, 2.45) is 0 Å². The van der Waals surface area contributed by atoms with Gasteiger partial charge in [0.25, 0.3) is 0 Å². The number of aryl methyl sites for hydroxylation is 1. The first-order chi connectivity index (χ1) is 7.24. The molecule has 1 rings (SSSR count). The molecule has 0 saturated carbocycles. The summed E-state index contributed by atoms with van der Waals surface area (Å²) >= 11 is 1.43. The van der Waals surface area contributed by atoms with Gasteiger partial charge in [0.1, 0.15) is 5.25 Å². The summed E-state index contributed by atoms with van der Waals surface area (Å²) in [6.45, 7) is 5.11. The van der Waals surface area contributed by atoms with E-state index >= 15 is 0 Å². The van der Waals surface area contributed by atoms with Gasteiger partial charge in [0.15, 0.2) is 5.82 Å². The van der Waals surface area contributed by atoms with Crippen LogP contribution in [0.3, 0.4) is 0 Å². The zero-order valence-corrected chi connectivity index (χ0v) is 9.91. The fourth-order valence-corrected chi connectivity index (χ4v) is 1.90. The van der Waals surface area contributed by atoms with E-state index in [2.05, 4.69) is 20.8 Å². The van der Waals surface area contributed by atoms with Crippen molar-refractivity contribution < 1.29 is 4.79 Å². The number of carbonyl (C=O) groups is 1. The van der Waals surface area contributed by atoms with Crippen LogP contribution in [0.2, 0.25) is 0 Å². The van der Waals surface area contributed by atoms with Crippen LogP contribution in [-0.4, -0.2) is 38.9 Å². The third-order valence-corrected chi connectivity index (χ3v) is 2.81. The van der Waals surface area contributed by atoms with E-state index in [1.54, 1.807) is 4.68 Å². The molecule has 0 radical (unpaired) electrons. The summed E-state index contributed by atoms with van der Waals surface area (Å²) in [6, 6.07) is 0. The molecule has 15 heavy (non-hydrogen) atoms. The normalized spacial score (nSPS) is 12.5. The van der Waals surface area contributed by atoms with Crippen LogP contribution in [0.25, 0.3) is 0 Å². The number of nitrogens with one attached hydrogen (secondary N) is 1. The van der Waals surface area contributed by atoms with Crippen LogP contribution in [0, 0.1) is 0 Å². The Balaban J connectivity index is 2.86. The minimum absolute atomic E-state index is 0.0468. The first kappa shape index (κ1) is 12.0. The number of carbonyl (C=O) groups excluding carboxylic acids is 1. The lowest BCUT2D eigenvalue weighted by Gasteiger charge is -2.12. The highest BCUT2D eigenvalue weighted by molar-refractivity contribution is 7.99. The molecule has 1 amide bonds. The minimum Gasteiger partial charge on any atom is -0.355 e. The molecule has 1 unspecified atom stereocenters. The maximum absolute atomic E-state index is 11.7. The molecule has 1 atom stereocenters. The van der Waals surface area contributed by atoms with Gasteiger partial charge in [-0.3, -0.25) is 4.79 Å². The van der Waals surface area contributed by atoms with Gasteiger partial charge in [0.05, 0.1) is 0 Å². The van der Waals surface area contributed by atoms with Crippen molar-refractivity contribution in [1.82, 2.24) is 25.5 Å². The van der Waals surface area contributed by atoms with Crippen LogP contribution in [0.1, 0.15) is 24.9 Å². The van der Waals surface area contributed by atoms with E-state index in [-0.39, 0.29) is 11.2 Å². The summed E-state index contributed by atoms with van der Waals surface area (Å²) in [5.41, 5.74) is 0. The van der Waals surface area contributed by atoms with Crippen molar-refractivity contribution in [3.05, 3.63) is 5.82 Å². The number of thioether (sulfide) groups is 1. The van der Waals surface area contributed by atoms with Gasteiger partial charge in [0.2, 0.25) is 5.91 Å². The monoisotopic (exact) mass is 229 g/mol. The van der Waals surface area contributed by atoms with Gasteiger partial charge >= 0.3 is 0 Å². The number of rotatable bonds is 5. The number of aromatic nitrogens is 4. The molecule has 0 spiro atoms. The first-order valence-corrected chi connectivity index (χ1v) is 6.09. The van der Waals surface area contributed by atoms with E-state index in [4.69, 9.17) is 0 Å². The standard InChI is InChI=1S/C8H15N5OS/c1-4-9-8(14)6(15-3)7-10-11-12-13(7)5-2/h6H,4-5H2,1-3H3,(H,9,14). The van der Waals surface area contributed by atoms with E-state index in [0.29, 0.717) is 18.9 Å². The number of tetrazole rings is 1. The third kappa shape index (κ3) is 2.68. The van der Waals surface area contributed by atoms with E-state index in [9.17, 15) is 4.79 Å². The van der Waals surface area contributed by atoms with Gasteiger partial charge in [0, 0.05) is 13.1 Å². The van der Waals surface area contributed by atoms with E-state index < -0.39 is 0 Å². The zero-order chi connectivity index (χ0) is 11.3. The predicted octanol–water partition coefficient (Wildman–Crippen LogP) is 0.233. The first-order valence-electron chi connectivity index (χ1n) is 4.81. The van der Waals surface area contributed by atoms with E-state index in [0.717, 1.165) is 0 Å². The summed E-state index contributed by atoms with van der Waals surface area (Å²) in [7, 11) is 0. The third-order valence-electron chi connectivity index (χ3n) is 1.92. The van der Waals surface area contributed by atoms with Crippen molar-refractivity contribution in [2.45, 2.75) is 25.6 Å². The van der Waals surface area contributed by atoms with Crippen LogP contribution in [0.5, 0.6) is 0 Å². The number of hydrogen-bond donors (Lipinski definition) is 1. The fraction of sp³-hybridized carbons (Fsp3) is 0.750. The SMILES string of the molecule is CCNC(=O)C(SC)c1nnnn1CC. The molecule has 0 aliphatic rings. The molecule has 1 aromatic rings. The highest BCUT2D eigenvalue weighted by Gasteiger charge is 2.24. The Morgan fingerprint density at radius 3 is 2.87 bits per heavy atom. The van der Waals surface area contributed by atoms with Gasteiger partial charge in [-0.15, -0.1) is 16.9 Å². The Morgan fingerprint density at radius 1 is 1.60 bits per heavy atom. The Morgan fingerprint density at radius 2 is 2.33 bits per heavy atom. The Bertz CT molecular complexity index is 327. The molecule has 0 aliphatic carbocycles. The molecule has 0 fully saturated rings. The smallest absolute Gasteiger partial charge is 0.240 e. The molecular formula is C8H15N5OS. The molecular weight excluding hydrogens is 214 g/mol. The number of likely N-dealkylation sites (N-methyl/N-ethyl adjacent to an activating group) is 1. The average molecular weight is 229 g/mol. The van der Waals surface area contributed by atoms with Crippen LogP contribution < -0.4 is 5.32 Å². The summed E-state index contributed by atoms with van der Waals surface area (Å²) in [4.78, 5) is 11.7. The average Bonchev–Trinajstić information content (AvgIpc) is 2.67. The second-order valence-electron chi connectivity index (χ2n) is 2.86. The van der Waals surface area contributed by atoms with Crippen molar-refractivity contribution >= 4 is 17.7 Å². The Hall–Kier alpha value is -1.11. The molecule has 1 N–H and O–H groups in total. The topological polar surface area (TPSA) is 72.7 Å². The van der Waals surface area contributed by atoms with Crippen LogP contribution in [-0.2, 0) is 11.3 Å². The summed E-state index contributed by atoms with van der Waals surface area (Å²) in [5.74, 6) is 0.561.